The highest BCUT2D eigenvalue weighted by atomic mass is 15.4. The molecule has 0 unspecified atom stereocenters. The molecule has 1 heterocycles. The first-order chi connectivity index (χ1) is 6.81. The Kier molecular flexibility index (Phi) is 2.39. The zero-order valence-corrected chi connectivity index (χ0v) is 7.88. The van der Waals surface area contributed by atoms with E-state index < -0.39 is 0 Å². The lowest BCUT2D eigenvalue weighted by Gasteiger charge is -1.99. The molecule has 0 saturated heterocycles. The second-order valence-electron chi connectivity index (χ2n) is 3.05. The van der Waals surface area contributed by atoms with E-state index in [2.05, 4.69) is 10.3 Å². The number of hydrogen-bond acceptors (Lipinski definition) is 2. The van der Waals surface area contributed by atoms with Crippen LogP contribution in [-0.2, 0) is 0 Å². The van der Waals surface area contributed by atoms with Crippen molar-refractivity contribution >= 4 is 15.0 Å². The third-order valence-corrected chi connectivity index (χ3v) is 2.08. The standard InChI is InChI=1S/C9H8B2N3/c1-7-4-2-3-5-8(7)9-6-14(11-10)13-12-9/h2-6H,1H3. The molecular weight excluding hydrogens is 172 g/mol. The van der Waals surface area contributed by atoms with Crippen LogP contribution in [0, 0.1) is 6.92 Å². The zero-order valence-electron chi connectivity index (χ0n) is 7.88. The van der Waals surface area contributed by atoms with Gasteiger partial charge in [-0.05, 0) is 12.5 Å². The van der Waals surface area contributed by atoms with Crippen LogP contribution in [0.25, 0.3) is 11.3 Å². The quantitative estimate of drug-likeness (QED) is 0.639. The van der Waals surface area contributed by atoms with Gasteiger partial charge in [0.15, 0.2) is 0 Å². The molecule has 0 amide bonds. The summed E-state index contributed by atoms with van der Waals surface area (Å²) in [4.78, 5) is 0. The smallest absolute Gasteiger partial charge is 0.221 e. The first-order valence-corrected chi connectivity index (χ1v) is 4.34. The van der Waals surface area contributed by atoms with Gasteiger partial charge in [0.05, 0.1) is 0 Å². The van der Waals surface area contributed by atoms with Crippen LogP contribution in [0.4, 0.5) is 0 Å². The van der Waals surface area contributed by atoms with E-state index in [1.165, 1.54) is 17.5 Å². The van der Waals surface area contributed by atoms with Gasteiger partial charge in [-0.1, -0.05) is 29.5 Å². The van der Waals surface area contributed by atoms with Crippen molar-refractivity contribution in [3.63, 3.8) is 0 Å². The maximum Gasteiger partial charge on any atom is 0.221 e. The number of aryl methyl sites for hydroxylation is 1. The lowest BCUT2D eigenvalue weighted by atomic mass is 9.67. The van der Waals surface area contributed by atoms with Crippen molar-refractivity contribution in [2.24, 2.45) is 0 Å². The highest BCUT2D eigenvalue weighted by Gasteiger charge is 2.04. The summed E-state index contributed by atoms with van der Waals surface area (Å²) in [6.45, 7) is 2.04. The molecule has 14 heavy (non-hydrogen) atoms. The average molecular weight is 180 g/mol. The van der Waals surface area contributed by atoms with Crippen LogP contribution in [0.1, 0.15) is 5.56 Å². The Morgan fingerprint density at radius 2 is 2.14 bits per heavy atom. The number of rotatable bonds is 2. The monoisotopic (exact) mass is 180 g/mol. The Morgan fingerprint density at radius 3 is 2.79 bits per heavy atom. The van der Waals surface area contributed by atoms with Crippen LogP contribution < -0.4 is 0 Å². The fraction of sp³-hybridized carbons (Fsp3) is 0.111. The van der Waals surface area contributed by atoms with Crippen molar-refractivity contribution in [2.45, 2.75) is 6.92 Å². The van der Waals surface area contributed by atoms with E-state index in [0.717, 1.165) is 11.3 Å². The third kappa shape index (κ3) is 1.58. The predicted molar refractivity (Wildman–Crippen MR) is 57.1 cm³/mol. The van der Waals surface area contributed by atoms with E-state index in [-0.39, 0.29) is 0 Å². The predicted octanol–water partition coefficient (Wildman–Crippen LogP) is 0.804. The first-order valence-electron chi connectivity index (χ1n) is 4.34. The Bertz CT molecular complexity index is 439. The Morgan fingerprint density at radius 1 is 1.36 bits per heavy atom. The fourth-order valence-corrected chi connectivity index (χ4v) is 1.33. The molecule has 0 aliphatic carbocycles. The summed E-state index contributed by atoms with van der Waals surface area (Å²) < 4.78 is 1.49. The van der Waals surface area contributed by atoms with Gasteiger partial charge >= 0.3 is 0 Å². The van der Waals surface area contributed by atoms with Gasteiger partial charge in [0.1, 0.15) is 5.69 Å². The highest BCUT2D eigenvalue weighted by molar-refractivity contribution is 6.88. The zero-order chi connectivity index (χ0) is 9.97. The molecule has 0 bridgehead atoms. The molecule has 3 nitrogen and oxygen atoms in total. The van der Waals surface area contributed by atoms with Crippen molar-refractivity contribution in [1.82, 2.24) is 14.9 Å². The van der Waals surface area contributed by atoms with E-state index in [1.54, 1.807) is 6.20 Å². The lowest BCUT2D eigenvalue weighted by Crippen LogP contribution is -2.05. The van der Waals surface area contributed by atoms with Gasteiger partial charge in [-0.3, -0.25) is 0 Å². The minimum Gasteiger partial charge on any atom is -0.314 e. The molecule has 3 radical (unpaired) electrons. The maximum atomic E-state index is 5.31. The summed E-state index contributed by atoms with van der Waals surface area (Å²) in [5.74, 6) is 0. The SMILES string of the molecule is [B][B]n1cc(-c2ccccc2C)nn1. The molecule has 65 valence electrons. The van der Waals surface area contributed by atoms with Gasteiger partial charge in [0.25, 0.3) is 0 Å². The van der Waals surface area contributed by atoms with Crippen molar-refractivity contribution in [1.29, 1.82) is 0 Å². The highest BCUT2D eigenvalue weighted by Crippen LogP contribution is 2.19. The van der Waals surface area contributed by atoms with E-state index in [1.807, 2.05) is 31.2 Å². The largest absolute Gasteiger partial charge is 0.314 e. The molecule has 0 aliphatic heterocycles. The Balaban J connectivity index is 2.44. The molecule has 0 spiro atoms. The summed E-state index contributed by atoms with van der Waals surface area (Å²) in [6, 6.07) is 8.03. The van der Waals surface area contributed by atoms with Gasteiger partial charge in [-0.2, -0.15) is 0 Å². The lowest BCUT2D eigenvalue weighted by molar-refractivity contribution is 0.876. The summed E-state index contributed by atoms with van der Waals surface area (Å²) in [6.07, 6.45) is 1.79. The minimum absolute atomic E-state index is 0.838. The molecular formula is C9H8B2N3. The van der Waals surface area contributed by atoms with Crippen molar-refractivity contribution < 1.29 is 0 Å². The molecule has 5 heteroatoms. The molecule has 0 fully saturated rings. The molecule has 0 saturated carbocycles. The second kappa shape index (κ2) is 3.70. The minimum atomic E-state index is 0.838. The third-order valence-electron chi connectivity index (χ3n) is 2.08. The molecule has 0 N–H and O–H groups in total. The van der Waals surface area contributed by atoms with Crippen LogP contribution >= 0.6 is 0 Å². The molecule has 0 atom stereocenters. The topological polar surface area (TPSA) is 30.7 Å². The molecule has 2 aromatic rings. The second-order valence-corrected chi connectivity index (χ2v) is 3.05. The summed E-state index contributed by atoms with van der Waals surface area (Å²) in [5.41, 5.74) is 3.10. The van der Waals surface area contributed by atoms with Crippen molar-refractivity contribution in [3.05, 3.63) is 36.0 Å². The summed E-state index contributed by atoms with van der Waals surface area (Å²) in [5, 5.41) is 7.86. The number of benzene rings is 1. The van der Waals surface area contributed by atoms with Crippen LogP contribution in [0.3, 0.4) is 0 Å². The van der Waals surface area contributed by atoms with E-state index in [0.29, 0.717) is 0 Å². The maximum absolute atomic E-state index is 5.31. The Hall–Kier alpha value is -1.51. The van der Waals surface area contributed by atoms with Gasteiger partial charge in [-0.15, -0.1) is 5.10 Å². The normalized spacial score (nSPS) is 10.1. The number of aromatic nitrogens is 3. The van der Waals surface area contributed by atoms with E-state index >= 15 is 0 Å². The van der Waals surface area contributed by atoms with Gasteiger partial charge in [0.2, 0.25) is 7.31 Å². The van der Waals surface area contributed by atoms with E-state index in [4.69, 9.17) is 7.74 Å². The number of nitrogens with zero attached hydrogens (tertiary/aromatic N) is 3. The van der Waals surface area contributed by atoms with E-state index in [9.17, 15) is 0 Å². The fourth-order valence-electron chi connectivity index (χ4n) is 1.33. The van der Waals surface area contributed by atoms with Crippen LogP contribution in [0.2, 0.25) is 0 Å². The molecule has 1 aromatic carbocycles. The first kappa shape index (κ1) is 9.06. The summed E-state index contributed by atoms with van der Waals surface area (Å²) in [7, 11) is 6.68. The van der Waals surface area contributed by atoms with Gasteiger partial charge in [-0.25, -0.2) is 0 Å². The van der Waals surface area contributed by atoms with Crippen molar-refractivity contribution in [3.8, 4) is 11.3 Å². The van der Waals surface area contributed by atoms with Gasteiger partial charge in [0, 0.05) is 19.5 Å². The Labute approximate surface area is 84.8 Å². The van der Waals surface area contributed by atoms with Crippen LogP contribution in [0.15, 0.2) is 30.5 Å². The average Bonchev–Trinajstić information content (AvgIpc) is 2.67. The molecule has 2 rings (SSSR count). The number of hydrogen-bond donors (Lipinski definition) is 0. The van der Waals surface area contributed by atoms with Crippen molar-refractivity contribution in [2.75, 3.05) is 0 Å². The van der Waals surface area contributed by atoms with Gasteiger partial charge < -0.3 is 4.59 Å². The molecule has 0 aliphatic rings. The summed E-state index contributed by atoms with van der Waals surface area (Å²) >= 11 is 0. The molecule has 1 aromatic heterocycles. The van der Waals surface area contributed by atoms with Crippen LogP contribution in [0.5, 0.6) is 0 Å². The van der Waals surface area contributed by atoms with Crippen LogP contribution in [-0.4, -0.2) is 29.9 Å².